The van der Waals surface area contributed by atoms with Gasteiger partial charge in [0.1, 0.15) is 0 Å². The molecule has 0 aromatic carbocycles. The fourth-order valence-corrected chi connectivity index (χ4v) is 3.05. The van der Waals surface area contributed by atoms with E-state index in [9.17, 15) is 4.57 Å². The number of phosphoric ester groups is 1. The van der Waals surface area contributed by atoms with Crippen LogP contribution in [0.3, 0.4) is 0 Å². The van der Waals surface area contributed by atoms with Crippen molar-refractivity contribution in [2.45, 2.75) is 66.0 Å². The molecule has 20 heavy (non-hydrogen) atoms. The lowest BCUT2D eigenvalue weighted by Crippen LogP contribution is -2.32. The van der Waals surface area contributed by atoms with E-state index in [-0.39, 0.29) is 12.2 Å². The summed E-state index contributed by atoms with van der Waals surface area (Å²) in [4.78, 5) is 13.7. The molecule has 0 aliphatic carbocycles. The van der Waals surface area contributed by atoms with Gasteiger partial charge in [-0.3, -0.25) is 18.8 Å². The van der Waals surface area contributed by atoms with Crippen LogP contribution in [0.5, 0.6) is 0 Å². The minimum absolute atomic E-state index is 0.301. The average molecular weight is 310 g/mol. The fraction of sp³-hybridized carbons (Fsp3) is 1.00. The van der Waals surface area contributed by atoms with Crippen molar-refractivity contribution < 1.29 is 18.5 Å². The lowest BCUT2D eigenvalue weighted by molar-refractivity contribution is 0.0985. The van der Waals surface area contributed by atoms with Crippen molar-refractivity contribution >= 4 is 7.82 Å². The zero-order valence-electron chi connectivity index (χ0n) is 14.0. The maximum atomic E-state index is 10.9. The predicted molar refractivity (Wildman–Crippen MR) is 81.6 cm³/mol. The van der Waals surface area contributed by atoms with Crippen LogP contribution in [0.2, 0.25) is 0 Å². The molecule has 122 valence electrons. The summed E-state index contributed by atoms with van der Waals surface area (Å²) in [5, 5.41) is 0. The number of hydrogen-bond donors (Lipinski definition) is 1. The Labute approximate surface area is 123 Å². The minimum atomic E-state index is -3.80. The lowest BCUT2D eigenvalue weighted by Gasteiger charge is -2.21. The van der Waals surface area contributed by atoms with Crippen molar-refractivity contribution in [3.05, 3.63) is 0 Å². The molecule has 1 rings (SSSR count). The third-order valence-corrected chi connectivity index (χ3v) is 4.54. The number of phosphoric acid groups is 1. The van der Waals surface area contributed by atoms with Crippen LogP contribution in [0.15, 0.2) is 0 Å². The van der Waals surface area contributed by atoms with Gasteiger partial charge < -0.3 is 4.89 Å². The first-order valence-electron chi connectivity index (χ1n) is 7.08. The molecule has 0 aromatic rings. The van der Waals surface area contributed by atoms with E-state index >= 15 is 0 Å². The normalized spacial score (nSPS) is 25.1. The Kier molecular flexibility index (Phi) is 8.48. The molecule has 0 amide bonds. The van der Waals surface area contributed by atoms with E-state index in [1.807, 2.05) is 0 Å². The van der Waals surface area contributed by atoms with Gasteiger partial charge in [-0.2, -0.15) is 0 Å². The molecule has 0 saturated carbocycles. The molecule has 0 bridgehead atoms. The summed E-state index contributed by atoms with van der Waals surface area (Å²) in [6, 6.07) is 0.727. The summed E-state index contributed by atoms with van der Waals surface area (Å²) in [7, 11) is 0.546. The number of hydrogen-bond acceptors (Lipinski definition) is 5. The van der Waals surface area contributed by atoms with Gasteiger partial charge >= 0.3 is 7.82 Å². The quantitative estimate of drug-likeness (QED) is 0.805. The third kappa shape index (κ3) is 7.72. The largest absolute Gasteiger partial charge is 0.472 e. The van der Waals surface area contributed by atoms with Gasteiger partial charge in [-0.15, -0.1) is 0 Å². The highest BCUT2D eigenvalue weighted by molar-refractivity contribution is 7.47. The molecule has 0 radical (unpaired) electrons. The monoisotopic (exact) mass is 310 g/mol. The molecule has 1 N–H and O–H groups in total. The van der Waals surface area contributed by atoms with Crippen LogP contribution in [0.1, 0.15) is 41.5 Å². The molecule has 6 nitrogen and oxygen atoms in total. The van der Waals surface area contributed by atoms with Gasteiger partial charge in [-0.05, 0) is 55.6 Å². The van der Waals surface area contributed by atoms with E-state index < -0.39 is 7.82 Å². The van der Waals surface area contributed by atoms with Crippen LogP contribution in [0, 0.1) is 0 Å². The van der Waals surface area contributed by atoms with Gasteiger partial charge in [0, 0.05) is 12.6 Å². The van der Waals surface area contributed by atoms with Crippen LogP contribution < -0.4 is 0 Å². The highest BCUT2D eigenvalue weighted by Crippen LogP contribution is 2.45. The second-order valence-electron chi connectivity index (χ2n) is 5.86. The van der Waals surface area contributed by atoms with Crippen LogP contribution in [0.25, 0.3) is 0 Å². The van der Waals surface area contributed by atoms with Gasteiger partial charge in [0.05, 0.1) is 18.4 Å². The maximum Gasteiger partial charge on any atom is 0.472 e. The molecule has 1 heterocycles. The molecule has 0 aromatic heterocycles. The van der Waals surface area contributed by atoms with E-state index in [2.05, 4.69) is 46.8 Å². The van der Waals surface area contributed by atoms with E-state index in [1.54, 1.807) is 27.7 Å². The summed E-state index contributed by atoms with van der Waals surface area (Å²) in [5.74, 6) is 0. The second-order valence-corrected chi connectivity index (χ2v) is 7.22. The molecule has 2 atom stereocenters. The van der Waals surface area contributed by atoms with Crippen molar-refractivity contribution in [2.75, 3.05) is 20.6 Å². The molecule has 1 aliphatic heterocycles. The maximum absolute atomic E-state index is 10.9. The molecular weight excluding hydrogens is 279 g/mol. The smallest absolute Gasteiger partial charge is 0.302 e. The van der Waals surface area contributed by atoms with E-state index in [0.29, 0.717) is 6.17 Å². The van der Waals surface area contributed by atoms with Crippen molar-refractivity contribution in [1.82, 2.24) is 9.80 Å². The Hall–Kier alpha value is 0.0300. The van der Waals surface area contributed by atoms with Crippen LogP contribution in [-0.4, -0.2) is 59.7 Å². The summed E-state index contributed by atoms with van der Waals surface area (Å²) in [6.45, 7) is 12.4. The number of rotatable bonds is 4. The Morgan fingerprint density at radius 3 is 1.65 bits per heavy atom. The SMILES string of the molecule is CC(C)OP(=O)(O)OC(C)C.CC1CN(C)C(C)N1C. The second kappa shape index (κ2) is 8.47. The molecule has 2 unspecified atom stereocenters. The van der Waals surface area contributed by atoms with Crippen molar-refractivity contribution in [2.24, 2.45) is 0 Å². The fourth-order valence-electron chi connectivity index (χ4n) is 1.93. The zero-order chi connectivity index (χ0) is 16.1. The van der Waals surface area contributed by atoms with Crippen molar-refractivity contribution in [1.29, 1.82) is 0 Å². The standard InChI is InChI=1S/C7H16N2.C6H15O4P/c1-6-5-8(3)7(2)9(6)4;1-5(2)9-11(7,8)10-6(3)4/h6-7H,5H2,1-4H3;5-6H,1-4H3,(H,7,8). The van der Waals surface area contributed by atoms with Gasteiger partial charge in [0.25, 0.3) is 0 Å². The van der Waals surface area contributed by atoms with Crippen molar-refractivity contribution in [3.8, 4) is 0 Å². The van der Waals surface area contributed by atoms with E-state index in [1.165, 1.54) is 6.54 Å². The van der Waals surface area contributed by atoms with Crippen molar-refractivity contribution in [3.63, 3.8) is 0 Å². The van der Waals surface area contributed by atoms with Gasteiger partial charge in [0.15, 0.2) is 0 Å². The topological polar surface area (TPSA) is 62.2 Å². The highest BCUT2D eigenvalue weighted by atomic mass is 31.2. The Morgan fingerprint density at radius 1 is 1.10 bits per heavy atom. The molecule has 1 aliphatic rings. The van der Waals surface area contributed by atoms with Gasteiger partial charge in [-0.25, -0.2) is 4.57 Å². The van der Waals surface area contributed by atoms with Crippen LogP contribution in [-0.2, 0) is 13.6 Å². The van der Waals surface area contributed by atoms with Gasteiger partial charge in [-0.1, -0.05) is 0 Å². The first-order valence-corrected chi connectivity index (χ1v) is 8.57. The molecule has 7 heteroatoms. The number of likely N-dealkylation sites (N-methyl/N-ethyl adjacent to an activating group) is 2. The average Bonchev–Trinajstić information content (AvgIpc) is 2.42. The molecule has 1 fully saturated rings. The Bertz CT molecular complexity index is 299. The predicted octanol–water partition coefficient (Wildman–Crippen LogP) is 2.53. The lowest BCUT2D eigenvalue weighted by atomic mass is 10.3. The third-order valence-electron chi connectivity index (χ3n) is 3.16. The summed E-state index contributed by atoms with van der Waals surface area (Å²) in [5.41, 5.74) is 0. The van der Waals surface area contributed by atoms with E-state index in [4.69, 9.17) is 4.89 Å². The molecule has 1 saturated heterocycles. The number of nitrogens with zero attached hydrogens (tertiary/aromatic N) is 2. The molecular formula is C13H31N2O4P. The minimum Gasteiger partial charge on any atom is -0.302 e. The van der Waals surface area contributed by atoms with E-state index in [0.717, 1.165) is 6.04 Å². The zero-order valence-corrected chi connectivity index (χ0v) is 14.9. The Morgan fingerprint density at radius 2 is 1.50 bits per heavy atom. The first kappa shape index (κ1) is 20.0. The summed E-state index contributed by atoms with van der Waals surface area (Å²) in [6.07, 6.45) is 0.0224. The van der Waals surface area contributed by atoms with Gasteiger partial charge in [0.2, 0.25) is 0 Å². The summed E-state index contributed by atoms with van der Waals surface area (Å²) < 4.78 is 20.2. The van der Waals surface area contributed by atoms with Crippen LogP contribution >= 0.6 is 7.82 Å². The summed E-state index contributed by atoms with van der Waals surface area (Å²) >= 11 is 0. The Balaban J connectivity index is 0.000000367. The highest BCUT2D eigenvalue weighted by Gasteiger charge is 2.27. The first-order chi connectivity index (χ1) is 8.96. The van der Waals surface area contributed by atoms with Crippen LogP contribution in [0.4, 0.5) is 0 Å². The molecule has 0 spiro atoms.